The Balaban J connectivity index is 1.76. The van der Waals surface area contributed by atoms with E-state index in [0.29, 0.717) is 22.5 Å². The molecular weight excluding hydrogens is 288 g/mol. The number of rotatable bonds is 4. The Bertz CT molecular complexity index is 815. The van der Waals surface area contributed by atoms with Crippen LogP contribution in [-0.4, -0.2) is 11.5 Å². The lowest BCUT2D eigenvalue weighted by molar-refractivity contribution is 0.516. The number of hydrogen-bond donors (Lipinski definition) is 1. The van der Waals surface area contributed by atoms with Gasteiger partial charge in [0.2, 0.25) is 0 Å². The zero-order valence-corrected chi connectivity index (χ0v) is 11.9. The van der Waals surface area contributed by atoms with Crippen molar-refractivity contribution in [3.05, 3.63) is 69.5 Å². The highest BCUT2D eigenvalue weighted by Crippen LogP contribution is 2.16. The van der Waals surface area contributed by atoms with Gasteiger partial charge in [-0.1, -0.05) is 41.9 Å². The van der Waals surface area contributed by atoms with E-state index in [0.717, 1.165) is 6.42 Å². The topological polar surface area (TPSA) is 55.1 Å². The van der Waals surface area contributed by atoms with Gasteiger partial charge in [-0.05, 0) is 30.2 Å². The van der Waals surface area contributed by atoms with Crippen molar-refractivity contribution in [1.82, 2.24) is 4.98 Å². The van der Waals surface area contributed by atoms with Gasteiger partial charge in [0.25, 0.3) is 6.01 Å². The average Bonchev–Trinajstić information content (AvgIpc) is 2.49. The fourth-order valence-electron chi connectivity index (χ4n) is 2.08. The number of benzene rings is 2. The Morgan fingerprint density at radius 3 is 2.76 bits per heavy atom. The molecule has 0 saturated carbocycles. The van der Waals surface area contributed by atoms with Gasteiger partial charge in [-0.15, -0.1) is 0 Å². The normalized spacial score (nSPS) is 10.7. The Kier molecular flexibility index (Phi) is 3.88. The summed E-state index contributed by atoms with van der Waals surface area (Å²) in [6.07, 6.45) is 0.824. The van der Waals surface area contributed by atoms with E-state index in [9.17, 15) is 4.79 Å². The number of nitrogens with one attached hydrogen (secondary N) is 1. The molecule has 0 aliphatic rings. The van der Waals surface area contributed by atoms with E-state index < -0.39 is 5.63 Å². The van der Waals surface area contributed by atoms with Gasteiger partial charge in [0.1, 0.15) is 0 Å². The summed E-state index contributed by atoms with van der Waals surface area (Å²) in [5.41, 5.74) is 1.34. The van der Waals surface area contributed by atoms with Gasteiger partial charge in [0, 0.05) is 11.6 Å². The predicted molar refractivity (Wildman–Crippen MR) is 83.9 cm³/mol. The molecule has 0 amide bonds. The predicted octanol–water partition coefficient (Wildman–Crippen LogP) is 3.50. The number of anilines is 1. The van der Waals surface area contributed by atoms with E-state index >= 15 is 0 Å². The molecule has 1 heterocycles. The summed E-state index contributed by atoms with van der Waals surface area (Å²) >= 11 is 5.86. The second kappa shape index (κ2) is 5.97. The molecule has 2 aromatic carbocycles. The molecule has 0 unspecified atom stereocenters. The Hall–Kier alpha value is -2.33. The molecule has 4 nitrogen and oxygen atoms in total. The summed E-state index contributed by atoms with van der Waals surface area (Å²) in [4.78, 5) is 16.2. The summed E-state index contributed by atoms with van der Waals surface area (Å²) in [7, 11) is 0. The zero-order valence-electron chi connectivity index (χ0n) is 11.2. The maximum absolute atomic E-state index is 11.9. The molecule has 0 aliphatic heterocycles. The highest BCUT2D eigenvalue weighted by molar-refractivity contribution is 6.31. The van der Waals surface area contributed by atoms with Gasteiger partial charge in [-0.2, -0.15) is 4.98 Å². The molecule has 0 aliphatic carbocycles. The van der Waals surface area contributed by atoms with E-state index in [-0.39, 0.29) is 6.01 Å². The fraction of sp³-hybridized carbons (Fsp3) is 0.125. The van der Waals surface area contributed by atoms with Crippen LogP contribution in [0.15, 0.2) is 57.7 Å². The van der Waals surface area contributed by atoms with Gasteiger partial charge >= 0.3 is 5.63 Å². The second-order valence-electron chi connectivity index (χ2n) is 4.63. The molecule has 1 aromatic heterocycles. The smallest absolute Gasteiger partial charge is 0.348 e. The van der Waals surface area contributed by atoms with Crippen molar-refractivity contribution in [2.45, 2.75) is 6.42 Å². The quantitative estimate of drug-likeness (QED) is 0.801. The molecule has 0 radical (unpaired) electrons. The number of hydrogen-bond acceptors (Lipinski definition) is 4. The highest BCUT2D eigenvalue weighted by Gasteiger charge is 2.06. The van der Waals surface area contributed by atoms with Gasteiger partial charge in [0.05, 0.1) is 10.9 Å². The number of fused-ring (bicyclic) bond motifs is 1. The van der Waals surface area contributed by atoms with E-state index in [4.69, 9.17) is 16.0 Å². The molecule has 3 rings (SSSR count). The van der Waals surface area contributed by atoms with Crippen LogP contribution < -0.4 is 10.9 Å². The van der Waals surface area contributed by atoms with Crippen LogP contribution >= 0.6 is 11.6 Å². The molecule has 1 N–H and O–H groups in total. The number of nitrogens with zero attached hydrogens (tertiary/aromatic N) is 1. The lowest BCUT2D eigenvalue weighted by Crippen LogP contribution is -2.10. The molecule has 0 atom stereocenters. The third-order valence-corrected chi connectivity index (χ3v) is 3.36. The molecule has 3 aromatic rings. The van der Waals surface area contributed by atoms with Crippen LogP contribution in [0.1, 0.15) is 5.56 Å². The molecule has 21 heavy (non-hydrogen) atoms. The van der Waals surface area contributed by atoms with Crippen molar-refractivity contribution in [3.63, 3.8) is 0 Å². The summed E-state index contributed by atoms with van der Waals surface area (Å²) in [6.45, 7) is 0.638. The molecule has 0 spiro atoms. The Morgan fingerprint density at radius 2 is 1.95 bits per heavy atom. The minimum absolute atomic E-state index is 0.228. The summed E-state index contributed by atoms with van der Waals surface area (Å²) in [5.74, 6) is 0. The minimum atomic E-state index is -0.440. The lowest BCUT2D eigenvalue weighted by atomic mass is 10.1. The Morgan fingerprint density at radius 1 is 1.14 bits per heavy atom. The first-order chi connectivity index (χ1) is 10.2. The van der Waals surface area contributed by atoms with Gasteiger partial charge in [-0.3, -0.25) is 0 Å². The molecule has 0 saturated heterocycles. The van der Waals surface area contributed by atoms with Crippen LogP contribution in [0.3, 0.4) is 0 Å². The van der Waals surface area contributed by atoms with Crippen molar-refractivity contribution in [2.24, 2.45) is 0 Å². The molecule has 5 heteroatoms. The van der Waals surface area contributed by atoms with Crippen LogP contribution in [0.2, 0.25) is 5.02 Å². The standard InChI is InChI=1S/C16H13ClN2O2/c17-12-6-7-14-13(10-12)15(20)21-16(19-14)18-9-8-11-4-2-1-3-5-11/h1-7,10H,8-9H2,(H,18,19). The lowest BCUT2D eigenvalue weighted by Gasteiger charge is -2.05. The average molecular weight is 301 g/mol. The van der Waals surface area contributed by atoms with Gasteiger partial charge in [0.15, 0.2) is 0 Å². The maximum atomic E-state index is 11.9. The summed E-state index contributed by atoms with van der Waals surface area (Å²) in [5, 5.41) is 3.90. The van der Waals surface area contributed by atoms with E-state index in [1.807, 2.05) is 30.3 Å². The fourth-order valence-corrected chi connectivity index (χ4v) is 2.25. The zero-order chi connectivity index (χ0) is 14.7. The van der Waals surface area contributed by atoms with Crippen LogP contribution in [0.25, 0.3) is 10.9 Å². The maximum Gasteiger partial charge on any atom is 0.348 e. The molecule has 106 valence electrons. The van der Waals surface area contributed by atoms with Gasteiger partial charge < -0.3 is 9.73 Å². The van der Waals surface area contributed by atoms with Crippen molar-refractivity contribution in [2.75, 3.05) is 11.9 Å². The molecule has 0 fully saturated rings. The van der Waals surface area contributed by atoms with E-state index in [1.165, 1.54) is 5.56 Å². The van der Waals surface area contributed by atoms with E-state index in [2.05, 4.69) is 10.3 Å². The Labute approximate surface area is 126 Å². The van der Waals surface area contributed by atoms with E-state index in [1.54, 1.807) is 18.2 Å². The summed E-state index contributed by atoms with van der Waals surface area (Å²) < 4.78 is 5.15. The van der Waals surface area contributed by atoms with Crippen molar-refractivity contribution in [3.8, 4) is 0 Å². The first-order valence-electron chi connectivity index (χ1n) is 6.60. The van der Waals surface area contributed by atoms with Crippen LogP contribution in [0, 0.1) is 0 Å². The van der Waals surface area contributed by atoms with Gasteiger partial charge in [-0.25, -0.2) is 4.79 Å². The highest BCUT2D eigenvalue weighted by atomic mass is 35.5. The van der Waals surface area contributed by atoms with Crippen molar-refractivity contribution in [1.29, 1.82) is 0 Å². The third kappa shape index (κ3) is 3.23. The largest absolute Gasteiger partial charge is 0.389 e. The molecule has 0 bridgehead atoms. The number of aromatic nitrogens is 1. The molecular formula is C16H13ClN2O2. The number of halogens is 1. The van der Waals surface area contributed by atoms with Crippen molar-refractivity contribution >= 4 is 28.5 Å². The minimum Gasteiger partial charge on any atom is -0.389 e. The third-order valence-electron chi connectivity index (χ3n) is 3.12. The monoisotopic (exact) mass is 300 g/mol. The van der Waals surface area contributed by atoms with Crippen molar-refractivity contribution < 1.29 is 4.42 Å². The summed E-state index contributed by atoms with van der Waals surface area (Å²) in [6, 6.07) is 15.3. The SMILES string of the molecule is O=c1oc(NCCc2ccccc2)nc2ccc(Cl)cc12. The first kappa shape index (κ1) is 13.6. The first-order valence-corrected chi connectivity index (χ1v) is 6.98. The van der Waals surface area contributed by atoms with Crippen LogP contribution in [0.4, 0.5) is 6.01 Å². The van der Waals surface area contributed by atoms with Crippen LogP contribution in [-0.2, 0) is 6.42 Å². The second-order valence-corrected chi connectivity index (χ2v) is 5.07. The van der Waals surface area contributed by atoms with Crippen LogP contribution in [0.5, 0.6) is 0 Å².